The van der Waals surface area contributed by atoms with E-state index in [9.17, 15) is 9.18 Å². The van der Waals surface area contributed by atoms with E-state index in [1.807, 2.05) is 0 Å². The minimum atomic E-state index is -0.510. The molecule has 0 aliphatic heterocycles. The standard InChI is InChI=1S/C15H12FN3O3S/c1-8-13(15(20)21-7-12-18-9(2)19-22-12)23-14(17-8)10-3-5-11(16)6-4-10/h3-6H,7H2,1-2H3. The van der Waals surface area contributed by atoms with Gasteiger partial charge in [0.2, 0.25) is 0 Å². The van der Waals surface area contributed by atoms with Crippen LogP contribution >= 0.6 is 11.3 Å². The first-order chi connectivity index (χ1) is 11.0. The van der Waals surface area contributed by atoms with E-state index < -0.39 is 5.97 Å². The third kappa shape index (κ3) is 3.42. The van der Waals surface area contributed by atoms with Crippen molar-refractivity contribution in [2.75, 3.05) is 0 Å². The number of aryl methyl sites for hydroxylation is 2. The molecule has 0 saturated heterocycles. The summed E-state index contributed by atoms with van der Waals surface area (Å²) in [5.41, 5.74) is 1.30. The highest BCUT2D eigenvalue weighted by atomic mass is 32.1. The number of thiazole rings is 1. The molecule has 8 heteroatoms. The lowest BCUT2D eigenvalue weighted by Gasteiger charge is -1.99. The molecular formula is C15H12FN3O3S. The molecule has 0 aliphatic rings. The van der Waals surface area contributed by atoms with Gasteiger partial charge < -0.3 is 9.26 Å². The van der Waals surface area contributed by atoms with Gasteiger partial charge in [0.15, 0.2) is 12.4 Å². The number of hydrogen-bond donors (Lipinski definition) is 0. The van der Waals surface area contributed by atoms with Crippen molar-refractivity contribution < 1.29 is 18.4 Å². The van der Waals surface area contributed by atoms with Gasteiger partial charge in [-0.2, -0.15) is 4.98 Å². The van der Waals surface area contributed by atoms with Crippen molar-refractivity contribution in [1.29, 1.82) is 0 Å². The fourth-order valence-electron chi connectivity index (χ4n) is 1.89. The second kappa shape index (κ2) is 6.25. The molecule has 0 bridgehead atoms. The first kappa shape index (κ1) is 15.3. The van der Waals surface area contributed by atoms with E-state index in [4.69, 9.17) is 9.26 Å². The van der Waals surface area contributed by atoms with E-state index >= 15 is 0 Å². The van der Waals surface area contributed by atoms with Crippen molar-refractivity contribution in [3.05, 3.63) is 52.4 Å². The number of halogens is 1. The molecule has 0 saturated carbocycles. The van der Waals surface area contributed by atoms with Crippen molar-refractivity contribution in [2.24, 2.45) is 0 Å². The highest BCUT2D eigenvalue weighted by Gasteiger charge is 2.18. The van der Waals surface area contributed by atoms with Gasteiger partial charge in [-0.15, -0.1) is 11.3 Å². The SMILES string of the molecule is Cc1noc(COC(=O)c2sc(-c3ccc(F)cc3)nc2C)n1. The highest BCUT2D eigenvalue weighted by molar-refractivity contribution is 7.17. The topological polar surface area (TPSA) is 78.1 Å². The molecule has 0 atom stereocenters. The van der Waals surface area contributed by atoms with Crippen LogP contribution in [0.15, 0.2) is 28.8 Å². The fourth-order valence-corrected chi connectivity index (χ4v) is 2.86. The summed E-state index contributed by atoms with van der Waals surface area (Å²) >= 11 is 1.19. The maximum absolute atomic E-state index is 13.0. The van der Waals surface area contributed by atoms with Crippen molar-refractivity contribution in [3.63, 3.8) is 0 Å². The quantitative estimate of drug-likeness (QED) is 0.682. The molecule has 0 unspecified atom stereocenters. The van der Waals surface area contributed by atoms with Gasteiger partial charge in [-0.25, -0.2) is 14.2 Å². The number of carbonyl (C=O) groups is 1. The predicted molar refractivity (Wildman–Crippen MR) is 80.4 cm³/mol. The van der Waals surface area contributed by atoms with Crippen LogP contribution in [0.3, 0.4) is 0 Å². The average molecular weight is 333 g/mol. The molecule has 2 aromatic heterocycles. The molecule has 2 heterocycles. The van der Waals surface area contributed by atoms with Crippen LogP contribution in [0.1, 0.15) is 27.1 Å². The van der Waals surface area contributed by atoms with Crippen LogP contribution in [0.25, 0.3) is 10.6 Å². The molecule has 3 aromatic rings. The number of nitrogens with zero attached hydrogens (tertiary/aromatic N) is 3. The third-order valence-corrected chi connectivity index (χ3v) is 4.16. The van der Waals surface area contributed by atoms with E-state index in [0.29, 0.717) is 21.4 Å². The number of rotatable bonds is 4. The molecule has 0 amide bonds. The fraction of sp³-hybridized carbons (Fsp3) is 0.200. The Balaban J connectivity index is 1.74. The Hall–Kier alpha value is -2.61. The summed E-state index contributed by atoms with van der Waals surface area (Å²) in [5.74, 6) is -0.124. The number of benzene rings is 1. The smallest absolute Gasteiger partial charge is 0.350 e. The van der Waals surface area contributed by atoms with Gasteiger partial charge in [-0.05, 0) is 38.1 Å². The number of aromatic nitrogens is 3. The van der Waals surface area contributed by atoms with Crippen molar-refractivity contribution in [2.45, 2.75) is 20.5 Å². The lowest BCUT2D eigenvalue weighted by molar-refractivity contribution is 0.0434. The maximum Gasteiger partial charge on any atom is 0.350 e. The Bertz CT molecular complexity index is 842. The lowest BCUT2D eigenvalue weighted by atomic mass is 10.2. The molecule has 3 rings (SSSR count). The molecule has 118 valence electrons. The Kier molecular flexibility index (Phi) is 4.16. The molecule has 0 spiro atoms. The number of hydrogen-bond acceptors (Lipinski definition) is 7. The van der Waals surface area contributed by atoms with Gasteiger partial charge in [0, 0.05) is 5.56 Å². The molecule has 0 aliphatic carbocycles. The first-order valence-corrected chi connectivity index (χ1v) is 7.54. The summed E-state index contributed by atoms with van der Waals surface area (Å²) in [6.07, 6.45) is 0. The van der Waals surface area contributed by atoms with E-state index in [-0.39, 0.29) is 18.3 Å². The molecule has 1 aromatic carbocycles. The number of esters is 1. The van der Waals surface area contributed by atoms with Crippen LogP contribution < -0.4 is 0 Å². The van der Waals surface area contributed by atoms with Crippen LogP contribution in [-0.2, 0) is 11.3 Å². The largest absolute Gasteiger partial charge is 0.451 e. The maximum atomic E-state index is 13.0. The van der Waals surface area contributed by atoms with Gasteiger partial charge in [-0.1, -0.05) is 5.16 Å². The monoisotopic (exact) mass is 333 g/mol. The summed E-state index contributed by atoms with van der Waals surface area (Å²) in [6.45, 7) is 3.30. The molecule has 0 radical (unpaired) electrons. The molecular weight excluding hydrogens is 321 g/mol. The average Bonchev–Trinajstić information content (AvgIpc) is 3.11. The molecule has 6 nitrogen and oxygen atoms in total. The predicted octanol–water partition coefficient (Wildman–Crippen LogP) is 3.31. The second-order valence-electron chi connectivity index (χ2n) is 4.75. The summed E-state index contributed by atoms with van der Waals surface area (Å²) < 4.78 is 23.0. The van der Waals surface area contributed by atoms with Crippen LogP contribution in [-0.4, -0.2) is 21.1 Å². The third-order valence-electron chi connectivity index (χ3n) is 2.97. The van der Waals surface area contributed by atoms with Crippen LogP contribution in [0.2, 0.25) is 0 Å². The van der Waals surface area contributed by atoms with Gasteiger partial charge >= 0.3 is 5.97 Å². The Morgan fingerprint density at radius 2 is 2.00 bits per heavy atom. The van der Waals surface area contributed by atoms with Crippen molar-refractivity contribution >= 4 is 17.3 Å². The zero-order valence-electron chi connectivity index (χ0n) is 12.4. The lowest BCUT2D eigenvalue weighted by Crippen LogP contribution is -2.05. The van der Waals surface area contributed by atoms with Gasteiger partial charge in [-0.3, -0.25) is 0 Å². The minimum absolute atomic E-state index is 0.0944. The second-order valence-corrected chi connectivity index (χ2v) is 5.75. The zero-order valence-corrected chi connectivity index (χ0v) is 13.2. The summed E-state index contributed by atoms with van der Waals surface area (Å²) in [4.78, 5) is 20.8. The van der Waals surface area contributed by atoms with Crippen LogP contribution in [0, 0.1) is 19.7 Å². The van der Waals surface area contributed by atoms with E-state index in [1.54, 1.807) is 26.0 Å². The zero-order chi connectivity index (χ0) is 16.4. The Labute approximate surface area is 134 Å². The minimum Gasteiger partial charge on any atom is -0.451 e. The van der Waals surface area contributed by atoms with E-state index in [1.165, 1.54) is 23.5 Å². The number of ether oxygens (including phenoxy) is 1. The number of carbonyl (C=O) groups excluding carboxylic acids is 1. The highest BCUT2D eigenvalue weighted by Crippen LogP contribution is 2.28. The summed E-state index contributed by atoms with van der Waals surface area (Å²) in [5, 5.41) is 4.25. The molecule has 0 fully saturated rings. The van der Waals surface area contributed by atoms with E-state index in [0.717, 1.165) is 5.56 Å². The Morgan fingerprint density at radius 1 is 1.26 bits per heavy atom. The summed E-state index contributed by atoms with van der Waals surface area (Å²) in [7, 11) is 0. The van der Waals surface area contributed by atoms with Crippen molar-refractivity contribution in [1.82, 2.24) is 15.1 Å². The van der Waals surface area contributed by atoms with Crippen LogP contribution in [0.4, 0.5) is 4.39 Å². The van der Waals surface area contributed by atoms with Gasteiger partial charge in [0.1, 0.15) is 15.7 Å². The van der Waals surface area contributed by atoms with Gasteiger partial charge in [0.25, 0.3) is 5.89 Å². The van der Waals surface area contributed by atoms with Gasteiger partial charge in [0.05, 0.1) is 5.69 Å². The van der Waals surface area contributed by atoms with E-state index in [2.05, 4.69) is 15.1 Å². The van der Waals surface area contributed by atoms with Crippen LogP contribution in [0.5, 0.6) is 0 Å². The molecule has 23 heavy (non-hydrogen) atoms. The first-order valence-electron chi connectivity index (χ1n) is 6.72. The summed E-state index contributed by atoms with van der Waals surface area (Å²) in [6, 6.07) is 5.93. The Morgan fingerprint density at radius 3 is 2.65 bits per heavy atom. The molecule has 0 N–H and O–H groups in total. The van der Waals surface area contributed by atoms with Crippen molar-refractivity contribution in [3.8, 4) is 10.6 Å². The normalized spacial score (nSPS) is 10.7.